The molecule has 0 fully saturated rings. The van der Waals surface area contributed by atoms with Gasteiger partial charge in [0.25, 0.3) is 11.5 Å². The molecule has 8 heteroatoms. The quantitative estimate of drug-likeness (QED) is 0.461. The number of H-pyrrole nitrogens is 2. The van der Waals surface area contributed by atoms with Crippen LogP contribution in [0.4, 0.5) is 4.39 Å². The minimum absolute atomic E-state index is 0.0369. The number of aromatic amines is 2. The van der Waals surface area contributed by atoms with Crippen LogP contribution in [-0.2, 0) is 6.54 Å². The van der Waals surface area contributed by atoms with Crippen molar-refractivity contribution >= 4 is 27.6 Å². The summed E-state index contributed by atoms with van der Waals surface area (Å²) in [4.78, 5) is 35.8. The number of aromatic nitrogens is 2. The third-order valence-corrected chi connectivity index (χ3v) is 6.22. The van der Waals surface area contributed by atoms with E-state index in [-0.39, 0.29) is 23.5 Å². The van der Waals surface area contributed by atoms with Gasteiger partial charge in [0.2, 0.25) is 0 Å². The van der Waals surface area contributed by atoms with Crippen molar-refractivity contribution in [3.05, 3.63) is 81.7 Å². The standard InChI is InChI=1S/C24H23FN4O3/c1-28(24(32)19-10-14-4-2-3-5-18(14)26-19)21-13-29(8-9-30)12-20-22(21)16-7-6-15(25)11-17(16)23(31)27-20/h2-7,10-11,21,26,30H,8-9,12-13H2,1H3,(H,27,31). The number of nitrogens with one attached hydrogen (secondary N) is 2. The molecule has 0 bridgehead atoms. The highest BCUT2D eigenvalue weighted by atomic mass is 19.1. The molecule has 3 N–H and O–H groups in total. The molecule has 0 radical (unpaired) electrons. The Kier molecular flexibility index (Phi) is 5.03. The van der Waals surface area contributed by atoms with Crippen molar-refractivity contribution in [2.45, 2.75) is 12.6 Å². The number of rotatable bonds is 4. The molecule has 3 heterocycles. The van der Waals surface area contributed by atoms with Crippen LogP contribution in [-0.4, -0.2) is 57.5 Å². The molecule has 1 aliphatic rings. The zero-order chi connectivity index (χ0) is 22.4. The number of halogens is 1. The molecular weight excluding hydrogens is 411 g/mol. The highest BCUT2D eigenvalue weighted by molar-refractivity contribution is 5.98. The summed E-state index contributed by atoms with van der Waals surface area (Å²) in [7, 11) is 1.73. The number of nitrogens with zero attached hydrogens (tertiary/aromatic N) is 2. The minimum atomic E-state index is -0.486. The van der Waals surface area contributed by atoms with Crippen LogP contribution in [0.1, 0.15) is 27.8 Å². The van der Waals surface area contributed by atoms with Crippen molar-refractivity contribution in [3.63, 3.8) is 0 Å². The molecule has 2 aromatic carbocycles. The Hall–Kier alpha value is -3.49. The Labute approximate surface area is 183 Å². The maximum atomic E-state index is 13.9. The summed E-state index contributed by atoms with van der Waals surface area (Å²) in [6.45, 7) is 1.29. The van der Waals surface area contributed by atoms with Crippen LogP contribution in [0.15, 0.2) is 53.3 Å². The zero-order valence-corrected chi connectivity index (χ0v) is 17.6. The number of fused-ring (bicyclic) bond motifs is 4. The van der Waals surface area contributed by atoms with Gasteiger partial charge in [0.15, 0.2) is 0 Å². The van der Waals surface area contributed by atoms with E-state index in [1.54, 1.807) is 18.0 Å². The molecule has 1 amide bonds. The van der Waals surface area contributed by atoms with Crippen LogP contribution in [0.5, 0.6) is 0 Å². The van der Waals surface area contributed by atoms with E-state index in [1.165, 1.54) is 12.1 Å². The molecule has 1 aliphatic heterocycles. The lowest BCUT2D eigenvalue weighted by Crippen LogP contribution is -2.44. The largest absolute Gasteiger partial charge is 0.395 e. The van der Waals surface area contributed by atoms with Crippen molar-refractivity contribution in [1.82, 2.24) is 19.8 Å². The number of aliphatic hydroxyl groups is 1. The predicted octanol–water partition coefficient (Wildman–Crippen LogP) is 2.77. The molecule has 0 saturated heterocycles. The molecule has 2 aromatic heterocycles. The number of carbonyl (C=O) groups excluding carboxylic acids is 1. The first-order chi connectivity index (χ1) is 15.5. The van der Waals surface area contributed by atoms with Gasteiger partial charge in [-0.2, -0.15) is 0 Å². The van der Waals surface area contributed by atoms with Gasteiger partial charge in [-0.15, -0.1) is 0 Å². The molecule has 0 aliphatic carbocycles. The molecule has 5 rings (SSSR count). The molecule has 0 spiro atoms. The average Bonchev–Trinajstić information content (AvgIpc) is 3.22. The number of carbonyl (C=O) groups is 1. The number of likely N-dealkylation sites (N-methyl/N-ethyl adjacent to an activating group) is 1. The Morgan fingerprint density at radius 3 is 2.78 bits per heavy atom. The van der Waals surface area contributed by atoms with Crippen LogP contribution in [0.25, 0.3) is 21.7 Å². The van der Waals surface area contributed by atoms with E-state index in [9.17, 15) is 19.1 Å². The lowest BCUT2D eigenvalue weighted by atomic mass is 9.92. The van der Waals surface area contributed by atoms with E-state index in [0.717, 1.165) is 16.5 Å². The predicted molar refractivity (Wildman–Crippen MR) is 120 cm³/mol. The van der Waals surface area contributed by atoms with Gasteiger partial charge in [0.1, 0.15) is 11.5 Å². The second-order valence-corrected chi connectivity index (χ2v) is 8.20. The average molecular weight is 434 g/mol. The molecule has 0 saturated carbocycles. The van der Waals surface area contributed by atoms with E-state index < -0.39 is 11.9 Å². The molecule has 4 aromatic rings. The molecule has 1 atom stereocenters. The third-order valence-electron chi connectivity index (χ3n) is 6.22. The second kappa shape index (κ2) is 7.89. The lowest BCUT2D eigenvalue weighted by Gasteiger charge is -2.39. The van der Waals surface area contributed by atoms with Crippen LogP contribution in [0.2, 0.25) is 0 Å². The number of benzene rings is 2. The van der Waals surface area contributed by atoms with Crippen LogP contribution in [0, 0.1) is 5.82 Å². The smallest absolute Gasteiger partial charge is 0.270 e. The SMILES string of the molecule is CN(C(=O)c1cc2ccccc2[nH]1)C1CN(CCO)Cc2[nH]c(=O)c3cc(F)ccc3c21. The number of aliphatic hydroxyl groups excluding tert-OH is 1. The van der Waals surface area contributed by atoms with Gasteiger partial charge >= 0.3 is 0 Å². The molecule has 32 heavy (non-hydrogen) atoms. The summed E-state index contributed by atoms with van der Waals surface area (Å²) in [5.74, 6) is -0.677. The van der Waals surface area contributed by atoms with Crippen molar-refractivity contribution in [2.24, 2.45) is 0 Å². The van der Waals surface area contributed by atoms with Gasteiger partial charge in [-0.3, -0.25) is 14.5 Å². The number of hydrogen-bond acceptors (Lipinski definition) is 4. The number of amides is 1. The fraction of sp³-hybridized carbons (Fsp3) is 0.250. The topological polar surface area (TPSA) is 92.4 Å². The number of pyridine rings is 1. The molecular formula is C24H23FN4O3. The van der Waals surface area contributed by atoms with E-state index in [2.05, 4.69) is 9.97 Å². The molecule has 1 unspecified atom stereocenters. The van der Waals surface area contributed by atoms with Gasteiger partial charge in [-0.1, -0.05) is 24.3 Å². The first-order valence-corrected chi connectivity index (χ1v) is 10.5. The fourth-order valence-electron chi connectivity index (χ4n) is 4.65. The maximum absolute atomic E-state index is 13.9. The second-order valence-electron chi connectivity index (χ2n) is 8.20. The highest BCUT2D eigenvalue weighted by Crippen LogP contribution is 2.34. The van der Waals surface area contributed by atoms with Crippen LogP contribution >= 0.6 is 0 Å². The number of β-amino-alcohol motifs (C(OH)–C–C–N with tert-alkyl or cyclic N) is 1. The summed E-state index contributed by atoms with van der Waals surface area (Å²) < 4.78 is 13.9. The summed E-state index contributed by atoms with van der Waals surface area (Å²) in [5.41, 5.74) is 2.46. The first-order valence-electron chi connectivity index (χ1n) is 10.5. The normalized spacial score (nSPS) is 16.4. The van der Waals surface area contributed by atoms with Crippen LogP contribution < -0.4 is 5.56 Å². The monoisotopic (exact) mass is 434 g/mol. The van der Waals surface area contributed by atoms with E-state index in [1.807, 2.05) is 35.2 Å². The van der Waals surface area contributed by atoms with E-state index in [4.69, 9.17) is 0 Å². The van der Waals surface area contributed by atoms with Gasteiger partial charge in [0.05, 0.1) is 18.0 Å². The Balaban J connectivity index is 1.62. The highest BCUT2D eigenvalue weighted by Gasteiger charge is 2.33. The summed E-state index contributed by atoms with van der Waals surface area (Å²) >= 11 is 0. The maximum Gasteiger partial charge on any atom is 0.270 e. The molecule has 7 nitrogen and oxygen atoms in total. The van der Waals surface area contributed by atoms with Crippen molar-refractivity contribution < 1.29 is 14.3 Å². The van der Waals surface area contributed by atoms with E-state index >= 15 is 0 Å². The van der Waals surface area contributed by atoms with Crippen molar-refractivity contribution in [3.8, 4) is 0 Å². The first kappa shape index (κ1) is 20.4. The van der Waals surface area contributed by atoms with E-state index in [0.29, 0.717) is 36.4 Å². The zero-order valence-electron chi connectivity index (χ0n) is 17.6. The number of para-hydroxylation sites is 1. The Bertz CT molecular complexity index is 1360. The van der Waals surface area contributed by atoms with Crippen molar-refractivity contribution in [2.75, 3.05) is 26.7 Å². The van der Waals surface area contributed by atoms with Gasteiger partial charge < -0.3 is 20.0 Å². The Morgan fingerprint density at radius 2 is 2.00 bits per heavy atom. The van der Waals surface area contributed by atoms with Gasteiger partial charge in [0, 0.05) is 48.8 Å². The van der Waals surface area contributed by atoms with Gasteiger partial charge in [-0.25, -0.2) is 4.39 Å². The number of hydrogen-bond donors (Lipinski definition) is 3. The summed E-state index contributed by atoms with van der Waals surface area (Å²) in [6.07, 6.45) is 0. The fourth-order valence-corrected chi connectivity index (χ4v) is 4.65. The Morgan fingerprint density at radius 1 is 1.19 bits per heavy atom. The summed E-state index contributed by atoms with van der Waals surface area (Å²) in [5, 5.41) is 11.3. The summed E-state index contributed by atoms with van der Waals surface area (Å²) in [6, 6.07) is 13.3. The van der Waals surface area contributed by atoms with Gasteiger partial charge in [-0.05, 0) is 29.7 Å². The van der Waals surface area contributed by atoms with Crippen LogP contribution in [0.3, 0.4) is 0 Å². The lowest BCUT2D eigenvalue weighted by molar-refractivity contribution is 0.0636. The minimum Gasteiger partial charge on any atom is -0.395 e. The van der Waals surface area contributed by atoms with Crippen molar-refractivity contribution in [1.29, 1.82) is 0 Å². The third kappa shape index (κ3) is 3.37. The molecule has 164 valence electrons.